The number of allylic oxidation sites excluding steroid dienone is 1. The smallest absolute Gasteiger partial charge is 0.269 e. The molecule has 0 saturated heterocycles. The van der Waals surface area contributed by atoms with Crippen LogP contribution in [0.3, 0.4) is 0 Å². The molecule has 0 saturated carbocycles. The molecular weight excluding hydrogens is 295 g/mol. The van der Waals surface area contributed by atoms with Crippen LogP contribution in [-0.2, 0) is 21.0 Å². The van der Waals surface area contributed by atoms with E-state index in [1.54, 1.807) is 4.72 Å². The Balaban J connectivity index is 3.16. The minimum Gasteiger partial charge on any atom is -0.269 e. The second kappa shape index (κ2) is 5.66. The molecule has 0 radical (unpaired) electrons. The fourth-order valence-electron chi connectivity index (χ4n) is 1.56. The Morgan fingerprint density at radius 2 is 1.80 bits per heavy atom. The molecule has 0 spiro atoms. The summed E-state index contributed by atoms with van der Waals surface area (Å²) in [6, 6.07) is 4.73. The first-order valence-electron chi connectivity index (χ1n) is 5.37. The Hall–Kier alpha value is -1.83. The molecular formula is C12H12F3NO3S. The second-order valence-corrected chi connectivity index (χ2v) is 5.86. The summed E-state index contributed by atoms with van der Waals surface area (Å²) in [7, 11) is -3.76. The van der Waals surface area contributed by atoms with Gasteiger partial charge >= 0.3 is 6.18 Å². The molecule has 1 rings (SSSR count). The highest BCUT2D eigenvalue weighted by molar-refractivity contribution is 7.89. The molecule has 0 aromatic heterocycles. The minimum atomic E-state index is -4.56. The summed E-state index contributed by atoms with van der Waals surface area (Å²) in [5.74, 6) is -0.998. The van der Waals surface area contributed by atoms with Crippen molar-refractivity contribution in [2.24, 2.45) is 0 Å². The molecule has 0 aliphatic rings. The van der Waals surface area contributed by atoms with Crippen LogP contribution in [0.15, 0.2) is 30.3 Å². The molecule has 0 fully saturated rings. The third kappa shape index (κ3) is 4.69. The van der Waals surface area contributed by atoms with Crippen LogP contribution >= 0.6 is 0 Å². The maximum absolute atomic E-state index is 12.8. The summed E-state index contributed by atoms with van der Waals surface area (Å²) < 4.78 is 61.7. The van der Waals surface area contributed by atoms with Gasteiger partial charge in [-0.2, -0.15) is 13.2 Å². The van der Waals surface area contributed by atoms with E-state index in [-0.39, 0.29) is 11.1 Å². The lowest BCUT2D eigenvalue weighted by Gasteiger charge is -2.12. The molecule has 0 atom stereocenters. The zero-order valence-corrected chi connectivity index (χ0v) is 11.5. The van der Waals surface area contributed by atoms with Gasteiger partial charge < -0.3 is 0 Å². The van der Waals surface area contributed by atoms with Gasteiger partial charge in [-0.25, -0.2) is 13.1 Å². The third-order valence-electron chi connectivity index (χ3n) is 2.29. The topological polar surface area (TPSA) is 63.2 Å². The van der Waals surface area contributed by atoms with Crippen LogP contribution in [0, 0.1) is 0 Å². The zero-order valence-electron chi connectivity index (χ0n) is 10.7. The van der Waals surface area contributed by atoms with Crippen molar-refractivity contribution in [3.63, 3.8) is 0 Å². The number of rotatable bonds is 3. The number of hydrogen-bond acceptors (Lipinski definition) is 3. The molecule has 20 heavy (non-hydrogen) atoms. The van der Waals surface area contributed by atoms with Gasteiger partial charge in [0.25, 0.3) is 5.91 Å². The van der Waals surface area contributed by atoms with E-state index in [4.69, 9.17) is 0 Å². The Bertz CT molecular complexity index is 648. The lowest BCUT2D eigenvalue weighted by Crippen LogP contribution is -2.27. The molecule has 4 nitrogen and oxygen atoms in total. The van der Waals surface area contributed by atoms with Crippen LogP contribution in [0.1, 0.15) is 18.1 Å². The van der Waals surface area contributed by atoms with Crippen LogP contribution in [0.5, 0.6) is 0 Å². The average molecular weight is 307 g/mol. The fraction of sp³-hybridized carbons (Fsp3) is 0.250. The predicted molar refractivity (Wildman–Crippen MR) is 68.1 cm³/mol. The number of sulfonamides is 1. The van der Waals surface area contributed by atoms with E-state index in [1.165, 1.54) is 25.1 Å². The van der Waals surface area contributed by atoms with Gasteiger partial charge in [-0.1, -0.05) is 18.2 Å². The number of benzene rings is 1. The van der Waals surface area contributed by atoms with Gasteiger partial charge in [0.2, 0.25) is 10.0 Å². The van der Waals surface area contributed by atoms with Crippen LogP contribution in [0.4, 0.5) is 13.2 Å². The number of halogens is 3. The normalized spacial score (nSPS) is 13.2. The number of amides is 1. The van der Waals surface area contributed by atoms with Crippen molar-refractivity contribution in [3.05, 3.63) is 41.5 Å². The molecule has 0 aliphatic heterocycles. The predicted octanol–water partition coefficient (Wildman–Crippen LogP) is 2.18. The van der Waals surface area contributed by atoms with Crippen molar-refractivity contribution >= 4 is 21.5 Å². The van der Waals surface area contributed by atoms with Gasteiger partial charge in [0.1, 0.15) is 0 Å². The Kier molecular flexibility index (Phi) is 4.59. The van der Waals surface area contributed by atoms with Crippen LogP contribution < -0.4 is 4.72 Å². The summed E-state index contributed by atoms with van der Waals surface area (Å²) in [6.07, 6.45) is -2.97. The summed E-state index contributed by atoms with van der Waals surface area (Å²) in [5, 5.41) is 0. The van der Waals surface area contributed by atoms with E-state index in [1.807, 2.05) is 0 Å². The standard InChI is InChI=1S/C12H12F3NO3S/c1-8(7-11(17)16-20(2,18)19)9-5-3-4-6-10(9)12(13,14)15/h3-7H,1-2H3,(H,16,17). The van der Waals surface area contributed by atoms with Gasteiger partial charge in [-0.3, -0.25) is 4.79 Å². The van der Waals surface area contributed by atoms with Gasteiger partial charge in [0.15, 0.2) is 0 Å². The summed E-state index contributed by atoms with van der Waals surface area (Å²) >= 11 is 0. The SMILES string of the molecule is CC(=CC(=O)NS(C)(=O)=O)c1ccccc1C(F)(F)F. The van der Waals surface area contributed by atoms with Crippen molar-refractivity contribution in [2.45, 2.75) is 13.1 Å². The maximum atomic E-state index is 12.8. The molecule has 0 aliphatic carbocycles. The monoisotopic (exact) mass is 307 g/mol. The van der Waals surface area contributed by atoms with E-state index in [0.717, 1.165) is 18.4 Å². The van der Waals surface area contributed by atoms with E-state index >= 15 is 0 Å². The van der Waals surface area contributed by atoms with Gasteiger partial charge in [0, 0.05) is 6.08 Å². The van der Waals surface area contributed by atoms with E-state index < -0.39 is 27.7 Å². The maximum Gasteiger partial charge on any atom is 0.416 e. The summed E-state index contributed by atoms with van der Waals surface area (Å²) in [4.78, 5) is 11.4. The largest absolute Gasteiger partial charge is 0.416 e. The highest BCUT2D eigenvalue weighted by atomic mass is 32.2. The molecule has 8 heteroatoms. The number of alkyl halides is 3. The molecule has 1 N–H and O–H groups in total. The quantitative estimate of drug-likeness (QED) is 0.871. The van der Waals surface area contributed by atoms with Crippen molar-refractivity contribution in [1.29, 1.82) is 0 Å². The fourth-order valence-corrected chi connectivity index (χ4v) is 1.99. The number of hydrogen-bond donors (Lipinski definition) is 1. The van der Waals surface area contributed by atoms with Crippen LogP contribution in [-0.4, -0.2) is 20.6 Å². The summed E-state index contributed by atoms with van der Waals surface area (Å²) in [6.45, 7) is 1.30. The highest BCUT2D eigenvalue weighted by Crippen LogP contribution is 2.34. The first-order chi connectivity index (χ1) is 9.00. The molecule has 0 heterocycles. The first kappa shape index (κ1) is 16.2. The van der Waals surface area contributed by atoms with Crippen molar-refractivity contribution in [3.8, 4) is 0 Å². The Morgan fingerprint density at radius 1 is 1.25 bits per heavy atom. The number of carbonyl (C=O) groups excluding carboxylic acids is 1. The molecule has 110 valence electrons. The van der Waals surface area contributed by atoms with Crippen molar-refractivity contribution in [2.75, 3.05) is 6.26 Å². The van der Waals surface area contributed by atoms with Gasteiger partial charge in [-0.05, 0) is 24.1 Å². The lowest BCUT2D eigenvalue weighted by atomic mass is 10.00. The van der Waals surface area contributed by atoms with Crippen LogP contribution in [0.2, 0.25) is 0 Å². The third-order valence-corrected chi connectivity index (χ3v) is 2.86. The van der Waals surface area contributed by atoms with Crippen molar-refractivity contribution < 1.29 is 26.4 Å². The van der Waals surface area contributed by atoms with Crippen molar-refractivity contribution in [1.82, 2.24) is 4.72 Å². The first-order valence-corrected chi connectivity index (χ1v) is 7.26. The molecule has 1 aromatic rings. The van der Waals surface area contributed by atoms with Gasteiger partial charge in [0.05, 0.1) is 11.8 Å². The second-order valence-electron chi connectivity index (χ2n) is 4.11. The Morgan fingerprint density at radius 3 is 2.30 bits per heavy atom. The van der Waals surface area contributed by atoms with Gasteiger partial charge in [-0.15, -0.1) is 0 Å². The van der Waals surface area contributed by atoms with E-state index in [0.29, 0.717) is 0 Å². The van der Waals surface area contributed by atoms with E-state index in [9.17, 15) is 26.4 Å². The molecule has 0 unspecified atom stereocenters. The number of nitrogens with one attached hydrogen (secondary N) is 1. The minimum absolute atomic E-state index is 0.0130. The lowest BCUT2D eigenvalue weighted by molar-refractivity contribution is -0.137. The molecule has 1 amide bonds. The molecule has 0 bridgehead atoms. The van der Waals surface area contributed by atoms with Crippen LogP contribution in [0.25, 0.3) is 5.57 Å². The molecule has 1 aromatic carbocycles. The Labute approximate surface area is 114 Å². The average Bonchev–Trinajstić information content (AvgIpc) is 2.25. The zero-order chi connectivity index (χ0) is 15.6. The number of carbonyl (C=O) groups is 1. The van der Waals surface area contributed by atoms with E-state index in [2.05, 4.69) is 0 Å². The highest BCUT2D eigenvalue weighted by Gasteiger charge is 2.33. The summed E-state index contributed by atoms with van der Waals surface area (Å²) in [5.41, 5.74) is -1.05.